The van der Waals surface area contributed by atoms with Gasteiger partial charge in [0.1, 0.15) is 0 Å². The summed E-state index contributed by atoms with van der Waals surface area (Å²) in [6.45, 7) is 3.51. The van der Waals surface area contributed by atoms with Crippen LogP contribution in [0, 0.1) is 13.8 Å². The zero-order valence-electron chi connectivity index (χ0n) is 15.1. The normalized spacial score (nSPS) is 10.6. The fraction of sp³-hybridized carbons (Fsp3) is 0.167. The summed E-state index contributed by atoms with van der Waals surface area (Å²) in [7, 11) is 0. The topological polar surface area (TPSA) is 120 Å². The number of hydrogen-bond acceptors (Lipinski definition) is 7. The lowest BCUT2D eigenvalue weighted by Gasteiger charge is -2.10. The lowest BCUT2D eigenvalue weighted by Crippen LogP contribution is -2.26. The Balaban J connectivity index is 1.86. The molecule has 0 atom stereocenters. The predicted octanol–water partition coefficient (Wildman–Crippen LogP) is 2.14. The Morgan fingerprint density at radius 2 is 1.96 bits per heavy atom. The summed E-state index contributed by atoms with van der Waals surface area (Å²) in [6, 6.07) is 10.6. The van der Waals surface area contributed by atoms with Crippen molar-refractivity contribution in [1.82, 2.24) is 14.8 Å². The number of primary amides is 1. The number of para-hydroxylation sites is 1. The Bertz CT molecular complexity index is 1090. The number of benzene rings is 1. The van der Waals surface area contributed by atoms with Crippen molar-refractivity contribution >= 4 is 40.0 Å². The fourth-order valence-corrected chi connectivity index (χ4v) is 4.27. The number of anilines is 1. The number of nitrogens with two attached hydrogens (primary N) is 1. The molecule has 0 aliphatic heterocycles. The highest BCUT2D eigenvalue weighted by Crippen LogP contribution is 2.31. The molecule has 0 aliphatic rings. The summed E-state index contributed by atoms with van der Waals surface area (Å²) in [5, 5.41) is 7.16. The van der Waals surface area contributed by atoms with Crippen molar-refractivity contribution in [3.63, 3.8) is 0 Å². The number of aromatic nitrogens is 3. The fourth-order valence-electron chi connectivity index (χ4n) is 2.40. The quantitative estimate of drug-likeness (QED) is 0.595. The minimum Gasteiger partial charge on any atom is -0.369 e. The van der Waals surface area contributed by atoms with Gasteiger partial charge in [-0.2, -0.15) is 5.10 Å². The molecule has 1 aromatic carbocycles. The number of thiazole rings is 1. The predicted molar refractivity (Wildman–Crippen MR) is 109 cm³/mol. The number of rotatable bonds is 6. The van der Waals surface area contributed by atoms with E-state index in [1.165, 1.54) is 33.8 Å². The van der Waals surface area contributed by atoms with Crippen LogP contribution in [-0.4, -0.2) is 32.3 Å². The maximum absolute atomic E-state index is 12.6. The molecule has 2 aromatic heterocycles. The van der Waals surface area contributed by atoms with Crippen LogP contribution in [0.1, 0.15) is 21.9 Å². The van der Waals surface area contributed by atoms with Crippen LogP contribution in [-0.2, 0) is 4.79 Å². The number of nitrogens with zero attached hydrogens (tertiary/aromatic N) is 3. The molecule has 2 heterocycles. The van der Waals surface area contributed by atoms with Gasteiger partial charge in [-0.3, -0.25) is 19.7 Å². The van der Waals surface area contributed by atoms with Gasteiger partial charge in [-0.25, -0.2) is 9.67 Å². The highest BCUT2D eigenvalue weighted by molar-refractivity contribution is 8.01. The Kier molecular flexibility index (Phi) is 5.90. The Morgan fingerprint density at radius 3 is 2.64 bits per heavy atom. The van der Waals surface area contributed by atoms with Gasteiger partial charge in [-0.1, -0.05) is 29.5 Å². The van der Waals surface area contributed by atoms with Crippen LogP contribution < -0.4 is 16.5 Å². The monoisotopic (exact) mass is 415 g/mol. The molecule has 3 N–H and O–H groups in total. The van der Waals surface area contributed by atoms with E-state index in [0.717, 1.165) is 9.90 Å². The molecular weight excluding hydrogens is 398 g/mol. The first kappa shape index (κ1) is 19.8. The van der Waals surface area contributed by atoms with E-state index in [2.05, 4.69) is 15.4 Å². The van der Waals surface area contributed by atoms with E-state index >= 15 is 0 Å². The lowest BCUT2D eigenvalue weighted by molar-refractivity contribution is -0.115. The van der Waals surface area contributed by atoms with Gasteiger partial charge in [-0.15, -0.1) is 11.8 Å². The molecule has 0 radical (unpaired) electrons. The summed E-state index contributed by atoms with van der Waals surface area (Å²) in [4.78, 5) is 40.1. The molecule has 0 aliphatic carbocycles. The molecule has 2 amide bonds. The number of hydrogen-bond donors (Lipinski definition) is 2. The van der Waals surface area contributed by atoms with Crippen molar-refractivity contribution in [2.45, 2.75) is 18.1 Å². The summed E-state index contributed by atoms with van der Waals surface area (Å²) < 4.78 is 2.31. The van der Waals surface area contributed by atoms with Gasteiger partial charge in [0.25, 0.3) is 5.91 Å². The summed E-state index contributed by atoms with van der Waals surface area (Å²) >= 11 is 2.46. The zero-order valence-corrected chi connectivity index (χ0v) is 16.8. The molecular formula is C18H17N5O3S2. The van der Waals surface area contributed by atoms with Crippen LogP contribution in [0.2, 0.25) is 0 Å². The number of amides is 2. The standard InChI is InChI=1S/C18H17N5O3S2/c1-10-8-13(24)15(22-23(10)12-6-4-3-5-7-12)16(26)21-18-20-11(2)17(28-18)27-9-14(19)25/h3-8H,9H2,1-2H3,(H2,19,25)(H,20,21,26). The van der Waals surface area contributed by atoms with E-state index in [0.29, 0.717) is 16.5 Å². The lowest BCUT2D eigenvalue weighted by atomic mass is 10.2. The molecule has 0 unspecified atom stereocenters. The smallest absolute Gasteiger partial charge is 0.281 e. The van der Waals surface area contributed by atoms with Crippen molar-refractivity contribution in [3.05, 3.63) is 63.7 Å². The third kappa shape index (κ3) is 4.46. The Hall–Kier alpha value is -2.98. The van der Waals surface area contributed by atoms with E-state index in [1.54, 1.807) is 13.8 Å². The molecule has 0 fully saturated rings. The average molecular weight is 416 g/mol. The van der Waals surface area contributed by atoms with Crippen LogP contribution in [0.3, 0.4) is 0 Å². The number of nitrogens with one attached hydrogen (secondary N) is 1. The van der Waals surface area contributed by atoms with Crippen molar-refractivity contribution in [2.75, 3.05) is 11.1 Å². The van der Waals surface area contributed by atoms with Crippen molar-refractivity contribution in [1.29, 1.82) is 0 Å². The van der Waals surface area contributed by atoms with Crippen LogP contribution in [0.4, 0.5) is 5.13 Å². The zero-order chi connectivity index (χ0) is 20.3. The average Bonchev–Trinajstić information content (AvgIpc) is 2.99. The highest BCUT2D eigenvalue weighted by atomic mass is 32.2. The van der Waals surface area contributed by atoms with Gasteiger partial charge in [0.05, 0.1) is 21.3 Å². The second-order valence-electron chi connectivity index (χ2n) is 5.85. The molecule has 8 nitrogen and oxygen atoms in total. The second kappa shape index (κ2) is 8.36. The van der Waals surface area contributed by atoms with E-state index in [1.807, 2.05) is 30.3 Å². The largest absolute Gasteiger partial charge is 0.369 e. The minimum absolute atomic E-state index is 0.123. The van der Waals surface area contributed by atoms with Gasteiger partial charge in [0, 0.05) is 11.8 Å². The maximum Gasteiger partial charge on any atom is 0.281 e. The van der Waals surface area contributed by atoms with Gasteiger partial charge in [-0.05, 0) is 26.0 Å². The molecule has 0 saturated carbocycles. The summed E-state index contributed by atoms with van der Waals surface area (Å²) in [5.41, 5.74) is 6.48. The van der Waals surface area contributed by atoms with E-state index in [9.17, 15) is 14.4 Å². The second-order valence-corrected chi connectivity index (χ2v) is 8.09. The van der Waals surface area contributed by atoms with E-state index in [-0.39, 0.29) is 11.4 Å². The van der Waals surface area contributed by atoms with Crippen LogP contribution in [0.15, 0.2) is 45.4 Å². The highest BCUT2D eigenvalue weighted by Gasteiger charge is 2.18. The number of carbonyl (C=O) groups is 2. The SMILES string of the molecule is Cc1nc(NC(=O)c2nn(-c3ccccc3)c(C)cc2=O)sc1SCC(N)=O. The minimum atomic E-state index is -0.644. The van der Waals surface area contributed by atoms with Gasteiger partial charge < -0.3 is 5.73 Å². The third-order valence-electron chi connectivity index (χ3n) is 3.64. The van der Waals surface area contributed by atoms with Gasteiger partial charge >= 0.3 is 0 Å². The maximum atomic E-state index is 12.6. The van der Waals surface area contributed by atoms with Crippen molar-refractivity contribution in [2.24, 2.45) is 5.73 Å². The Labute approximate surface area is 168 Å². The molecule has 10 heteroatoms. The Morgan fingerprint density at radius 1 is 1.25 bits per heavy atom. The molecule has 0 bridgehead atoms. The van der Waals surface area contributed by atoms with Gasteiger partial charge in [0.15, 0.2) is 10.8 Å². The molecule has 0 saturated heterocycles. The van der Waals surface area contributed by atoms with Crippen LogP contribution in [0.5, 0.6) is 0 Å². The van der Waals surface area contributed by atoms with Gasteiger partial charge in [0.2, 0.25) is 11.3 Å². The van der Waals surface area contributed by atoms with Crippen molar-refractivity contribution < 1.29 is 9.59 Å². The first-order valence-corrected chi connectivity index (χ1v) is 10.0. The molecule has 3 aromatic rings. The molecule has 3 rings (SSSR count). The van der Waals surface area contributed by atoms with Crippen LogP contribution in [0.25, 0.3) is 5.69 Å². The van der Waals surface area contributed by atoms with E-state index < -0.39 is 17.2 Å². The summed E-state index contributed by atoms with van der Waals surface area (Å²) in [6.07, 6.45) is 0. The summed E-state index contributed by atoms with van der Waals surface area (Å²) in [5.74, 6) is -0.957. The molecule has 0 spiro atoms. The van der Waals surface area contributed by atoms with E-state index in [4.69, 9.17) is 5.73 Å². The first-order chi connectivity index (χ1) is 13.3. The number of aryl methyl sites for hydroxylation is 2. The number of carbonyl (C=O) groups excluding carboxylic acids is 2. The van der Waals surface area contributed by atoms with Crippen molar-refractivity contribution in [3.8, 4) is 5.69 Å². The molecule has 28 heavy (non-hydrogen) atoms. The van der Waals surface area contributed by atoms with Crippen LogP contribution >= 0.6 is 23.1 Å². The first-order valence-electron chi connectivity index (χ1n) is 8.21. The number of thioether (sulfide) groups is 1. The molecule has 144 valence electrons. The third-order valence-corrected chi connectivity index (χ3v) is 6.10.